The Morgan fingerprint density at radius 2 is 1.65 bits per heavy atom. The first-order valence-electron chi connectivity index (χ1n) is 10.5. The monoisotopic (exact) mass is 443 g/mol. The van der Waals surface area contributed by atoms with Crippen LogP contribution in [0.25, 0.3) is 0 Å². The summed E-state index contributed by atoms with van der Waals surface area (Å²) in [4.78, 5) is 25.9. The SMILES string of the molecule is CC(=O)N(C)Cc1ccccc1NC(=O)Cc1ccc(S(=O)(=O)N2CCCCC2)cc1. The predicted molar refractivity (Wildman–Crippen MR) is 120 cm³/mol. The van der Waals surface area contributed by atoms with Crippen LogP contribution in [0.3, 0.4) is 0 Å². The summed E-state index contributed by atoms with van der Waals surface area (Å²) in [5.41, 5.74) is 2.23. The number of sulfonamides is 1. The number of rotatable bonds is 7. The molecule has 3 rings (SSSR count). The number of carbonyl (C=O) groups is 2. The molecule has 0 atom stereocenters. The quantitative estimate of drug-likeness (QED) is 0.713. The Kier molecular flexibility index (Phi) is 7.46. The molecule has 0 unspecified atom stereocenters. The van der Waals surface area contributed by atoms with Crippen molar-refractivity contribution < 1.29 is 18.0 Å². The highest BCUT2D eigenvalue weighted by molar-refractivity contribution is 7.89. The lowest BCUT2D eigenvalue weighted by atomic mass is 10.1. The Morgan fingerprint density at radius 3 is 2.29 bits per heavy atom. The predicted octanol–water partition coefficient (Wildman–Crippen LogP) is 3.02. The summed E-state index contributed by atoms with van der Waals surface area (Å²) in [5.74, 6) is -0.259. The minimum atomic E-state index is -3.48. The first kappa shape index (κ1) is 23.0. The number of nitrogens with one attached hydrogen (secondary N) is 1. The van der Waals surface area contributed by atoms with Crippen LogP contribution in [0.2, 0.25) is 0 Å². The number of amides is 2. The summed E-state index contributed by atoms with van der Waals surface area (Å²) < 4.78 is 27.0. The van der Waals surface area contributed by atoms with Gasteiger partial charge in [-0.25, -0.2) is 8.42 Å². The third-order valence-corrected chi connectivity index (χ3v) is 7.39. The van der Waals surface area contributed by atoms with Crippen molar-refractivity contribution in [1.82, 2.24) is 9.21 Å². The van der Waals surface area contributed by atoms with Crippen LogP contribution in [0.1, 0.15) is 37.3 Å². The second-order valence-corrected chi connectivity index (χ2v) is 9.80. The highest BCUT2D eigenvalue weighted by Crippen LogP contribution is 2.21. The molecule has 31 heavy (non-hydrogen) atoms. The van der Waals surface area contributed by atoms with Crippen molar-refractivity contribution in [3.05, 3.63) is 59.7 Å². The van der Waals surface area contributed by atoms with E-state index < -0.39 is 10.0 Å². The van der Waals surface area contributed by atoms with Gasteiger partial charge in [0.25, 0.3) is 0 Å². The molecule has 2 aromatic rings. The lowest BCUT2D eigenvalue weighted by Crippen LogP contribution is -2.35. The second-order valence-electron chi connectivity index (χ2n) is 7.87. The van der Waals surface area contributed by atoms with Gasteiger partial charge in [-0.2, -0.15) is 4.31 Å². The summed E-state index contributed by atoms with van der Waals surface area (Å²) >= 11 is 0. The van der Waals surface area contributed by atoms with Gasteiger partial charge in [0.15, 0.2) is 0 Å². The molecule has 1 N–H and O–H groups in total. The van der Waals surface area contributed by atoms with Gasteiger partial charge in [-0.1, -0.05) is 36.8 Å². The van der Waals surface area contributed by atoms with Crippen molar-refractivity contribution in [3.8, 4) is 0 Å². The second kappa shape index (κ2) is 10.1. The molecule has 1 aliphatic rings. The molecular weight excluding hydrogens is 414 g/mol. The maximum atomic E-state index is 12.8. The minimum Gasteiger partial charge on any atom is -0.342 e. The van der Waals surface area contributed by atoms with Crippen molar-refractivity contribution in [1.29, 1.82) is 0 Å². The normalized spacial score (nSPS) is 14.8. The van der Waals surface area contributed by atoms with Gasteiger partial charge in [-0.05, 0) is 42.2 Å². The van der Waals surface area contributed by atoms with Crippen LogP contribution in [0.15, 0.2) is 53.4 Å². The summed E-state index contributed by atoms with van der Waals surface area (Å²) in [5, 5.41) is 2.90. The standard InChI is InChI=1S/C23H29N3O4S/c1-18(27)25(2)17-20-8-4-5-9-22(20)24-23(28)16-19-10-12-21(13-11-19)31(29,30)26-14-6-3-7-15-26/h4-5,8-13H,3,6-7,14-17H2,1-2H3,(H,24,28). The smallest absolute Gasteiger partial charge is 0.243 e. The van der Waals surface area contributed by atoms with Crippen LogP contribution in [0.5, 0.6) is 0 Å². The summed E-state index contributed by atoms with van der Waals surface area (Å²) in [6, 6.07) is 13.9. The van der Waals surface area contributed by atoms with Crippen LogP contribution in [-0.4, -0.2) is 49.6 Å². The molecule has 8 heteroatoms. The lowest BCUT2D eigenvalue weighted by Gasteiger charge is -2.25. The highest BCUT2D eigenvalue weighted by Gasteiger charge is 2.25. The molecule has 0 radical (unpaired) electrons. The molecule has 0 bridgehead atoms. The largest absolute Gasteiger partial charge is 0.342 e. The van der Waals surface area contributed by atoms with Crippen LogP contribution in [0, 0.1) is 0 Å². The van der Waals surface area contributed by atoms with E-state index in [1.807, 2.05) is 18.2 Å². The van der Waals surface area contributed by atoms with E-state index in [9.17, 15) is 18.0 Å². The van der Waals surface area contributed by atoms with Crippen LogP contribution in [-0.2, 0) is 32.6 Å². The van der Waals surface area contributed by atoms with Gasteiger partial charge < -0.3 is 10.2 Å². The molecule has 0 spiro atoms. The molecule has 166 valence electrons. The van der Waals surface area contributed by atoms with Crippen molar-refractivity contribution in [2.45, 2.75) is 44.0 Å². The van der Waals surface area contributed by atoms with E-state index in [2.05, 4.69) is 5.32 Å². The van der Waals surface area contributed by atoms with Crippen molar-refractivity contribution in [3.63, 3.8) is 0 Å². The van der Waals surface area contributed by atoms with E-state index in [1.54, 1.807) is 42.3 Å². The van der Waals surface area contributed by atoms with Crippen LogP contribution < -0.4 is 5.32 Å². The molecule has 0 saturated carbocycles. The van der Waals surface area contributed by atoms with Crippen molar-refractivity contribution in [2.24, 2.45) is 0 Å². The number of anilines is 1. The van der Waals surface area contributed by atoms with Crippen molar-refractivity contribution in [2.75, 3.05) is 25.5 Å². The number of para-hydroxylation sites is 1. The Balaban J connectivity index is 1.65. The van der Waals surface area contributed by atoms with Gasteiger partial charge in [0.1, 0.15) is 0 Å². The number of nitrogens with zero attached hydrogens (tertiary/aromatic N) is 2. The Hall–Kier alpha value is -2.71. The zero-order valence-electron chi connectivity index (χ0n) is 18.0. The van der Waals surface area contributed by atoms with Crippen LogP contribution >= 0.6 is 0 Å². The fourth-order valence-electron chi connectivity index (χ4n) is 3.56. The number of benzene rings is 2. The van der Waals surface area contributed by atoms with E-state index in [0.717, 1.165) is 30.4 Å². The van der Waals surface area contributed by atoms with Gasteiger partial charge in [-0.15, -0.1) is 0 Å². The molecule has 2 amide bonds. The van der Waals surface area contributed by atoms with E-state index >= 15 is 0 Å². The third kappa shape index (κ3) is 5.92. The van der Waals surface area contributed by atoms with Crippen molar-refractivity contribution >= 4 is 27.5 Å². The molecule has 0 aliphatic carbocycles. The molecule has 1 aliphatic heterocycles. The molecular formula is C23H29N3O4S. The fourth-order valence-corrected chi connectivity index (χ4v) is 5.08. The minimum absolute atomic E-state index is 0.0549. The van der Waals surface area contributed by atoms with E-state index in [-0.39, 0.29) is 23.1 Å². The van der Waals surface area contributed by atoms with Gasteiger partial charge in [-0.3, -0.25) is 9.59 Å². The Labute approximate surface area is 184 Å². The number of piperidine rings is 1. The van der Waals surface area contributed by atoms with Crippen LogP contribution in [0.4, 0.5) is 5.69 Å². The average molecular weight is 444 g/mol. The third-order valence-electron chi connectivity index (χ3n) is 5.48. The maximum Gasteiger partial charge on any atom is 0.243 e. The molecule has 1 fully saturated rings. The molecule has 7 nitrogen and oxygen atoms in total. The van der Waals surface area contributed by atoms with Gasteiger partial charge in [0.2, 0.25) is 21.8 Å². The molecule has 1 saturated heterocycles. The number of hydrogen-bond acceptors (Lipinski definition) is 4. The van der Waals surface area contributed by atoms with Gasteiger partial charge in [0, 0.05) is 39.3 Å². The zero-order chi connectivity index (χ0) is 22.4. The van der Waals surface area contributed by atoms with E-state index in [1.165, 1.54) is 11.2 Å². The number of carbonyl (C=O) groups excluding carboxylic acids is 2. The zero-order valence-corrected chi connectivity index (χ0v) is 18.8. The van der Waals surface area contributed by atoms with E-state index in [0.29, 0.717) is 25.3 Å². The first-order valence-corrected chi connectivity index (χ1v) is 11.9. The topological polar surface area (TPSA) is 86.8 Å². The Bertz CT molecular complexity index is 1030. The maximum absolute atomic E-state index is 12.8. The highest BCUT2D eigenvalue weighted by atomic mass is 32.2. The molecule has 1 heterocycles. The lowest BCUT2D eigenvalue weighted by molar-refractivity contribution is -0.128. The van der Waals surface area contributed by atoms with E-state index in [4.69, 9.17) is 0 Å². The summed E-state index contributed by atoms with van der Waals surface area (Å²) in [7, 11) is -1.77. The first-order chi connectivity index (χ1) is 14.8. The number of hydrogen-bond donors (Lipinski definition) is 1. The van der Waals surface area contributed by atoms with Gasteiger partial charge in [0.05, 0.1) is 11.3 Å². The van der Waals surface area contributed by atoms with Gasteiger partial charge >= 0.3 is 0 Å². The molecule has 0 aromatic heterocycles. The fraction of sp³-hybridized carbons (Fsp3) is 0.391. The summed E-state index contributed by atoms with van der Waals surface area (Å²) in [6.45, 7) is 3.01. The molecule has 2 aromatic carbocycles. The average Bonchev–Trinajstić information content (AvgIpc) is 2.76. The summed E-state index contributed by atoms with van der Waals surface area (Å²) in [6.07, 6.45) is 2.97. The Morgan fingerprint density at radius 1 is 1.00 bits per heavy atom.